The zero-order chi connectivity index (χ0) is 12.8. The number of anilines is 1. The number of aromatic hydroxyl groups is 1. The van der Waals surface area contributed by atoms with Crippen LogP contribution in [0.4, 0.5) is 5.69 Å². The Morgan fingerprint density at radius 1 is 1.18 bits per heavy atom. The molecule has 2 amide bonds. The molecule has 3 N–H and O–H groups in total. The normalized spacial score (nSPS) is 10.1. The summed E-state index contributed by atoms with van der Waals surface area (Å²) in [5, 5.41) is 14.0. The minimum absolute atomic E-state index is 0.104. The first kappa shape index (κ1) is 13.0. The number of benzene rings is 1. The monoisotopic (exact) mass is 236 g/mol. The first-order chi connectivity index (χ1) is 7.99. The SMILES string of the molecule is CC(C)CNC(=O)C(=O)Nc1ccc(O)cc1. The summed E-state index contributed by atoms with van der Waals surface area (Å²) < 4.78 is 0. The maximum Gasteiger partial charge on any atom is 0.313 e. The van der Waals surface area contributed by atoms with Crippen molar-refractivity contribution in [2.24, 2.45) is 5.92 Å². The van der Waals surface area contributed by atoms with Crippen LogP contribution in [0.3, 0.4) is 0 Å². The Bertz CT molecular complexity index is 399. The van der Waals surface area contributed by atoms with Gasteiger partial charge in [0.2, 0.25) is 0 Å². The van der Waals surface area contributed by atoms with Crippen molar-refractivity contribution in [1.82, 2.24) is 5.32 Å². The summed E-state index contributed by atoms with van der Waals surface area (Å²) in [5.41, 5.74) is 0.465. The van der Waals surface area contributed by atoms with Gasteiger partial charge in [-0.2, -0.15) is 0 Å². The first-order valence-electron chi connectivity index (χ1n) is 5.37. The molecule has 0 radical (unpaired) electrons. The second kappa shape index (κ2) is 5.89. The Morgan fingerprint density at radius 2 is 1.76 bits per heavy atom. The number of phenols is 1. The number of hydrogen-bond donors (Lipinski definition) is 3. The number of amides is 2. The molecule has 0 fully saturated rings. The summed E-state index contributed by atoms with van der Waals surface area (Å²) in [5.74, 6) is -0.976. The third kappa shape index (κ3) is 4.55. The van der Waals surface area contributed by atoms with Gasteiger partial charge in [0.1, 0.15) is 5.75 Å². The number of carbonyl (C=O) groups excluding carboxylic acids is 2. The van der Waals surface area contributed by atoms with Gasteiger partial charge in [0, 0.05) is 12.2 Å². The van der Waals surface area contributed by atoms with Crippen LogP contribution in [0.25, 0.3) is 0 Å². The summed E-state index contributed by atoms with van der Waals surface area (Å²) in [6.45, 7) is 4.35. The Kier molecular flexibility index (Phi) is 4.51. The standard InChI is InChI=1S/C12H16N2O3/c1-8(2)7-13-11(16)12(17)14-9-3-5-10(15)6-4-9/h3-6,8,15H,7H2,1-2H3,(H,13,16)(H,14,17). The molecule has 92 valence electrons. The van der Waals surface area contributed by atoms with Crippen molar-refractivity contribution in [1.29, 1.82) is 0 Å². The van der Waals surface area contributed by atoms with Gasteiger partial charge in [-0.05, 0) is 30.2 Å². The molecule has 1 aromatic rings. The lowest BCUT2D eigenvalue weighted by Gasteiger charge is -2.08. The Morgan fingerprint density at radius 3 is 2.29 bits per heavy atom. The van der Waals surface area contributed by atoms with E-state index in [1.165, 1.54) is 24.3 Å². The summed E-state index contributed by atoms with van der Waals surface area (Å²) >= 11 is 0. The molecule has 0 saturated heterocycles. The van der Waals surface area contributed by atoms with Crippen molar-refractivity contribution in [3.05, 3.63) is 24.3 Å². The third-order valence-electron chi connectivity index (χ3n) is 2.00. The minimum atomic E-state index is -0.712. The second-order valence-corrected chi connectivity index (χ2v) is 4.10. The number of carbonyl (C=O) groups is 2. The van der Waals surface area contributed by atoms with Crippen molar-refractivity contribution in [3.63, 3.8) is 0 Å². The van der Waals surface area contributed by atoms with Crippen LogP contribution in [-0.2, 0) is 9.59 Å². The van der Waals surface area contributed by atoms with E-state index >= 15 is 0 Å². The van der Waals surface area contributed by atoms with Gasteiger partial charge >= 0.3 is 11.8 Å². The van der Waals surface area contributed by atoms with Crippen LogP contribution >= 0.6 is 0 Å². The Labute approximate surface area is 99.8 Å². The molecular weight excluding hydrogens is 220 g/mol. The average Bonchev–Trinajstić information content (AvgIpc) is 2.28. The van der Waals surface area contributed by atoms with E-state index in [2.05, 4.69) is 10.6 Å². The lowest BCUT2D eigenvalue weighted by molar-refractivity contribution is -0.136. The fourth-order valence-corrected chi connectivity index (χ4v) is 1.11. The van der Waals surface area contributed by atoms with Gasteiger partial charge in [0.15, 0.2) is 0 Å². The van der Waals surface area contributed by atoms with E-state index in [1.54, 1.807) is 0 Å². The summed E-state index contributed by atoms with van der Waals surface area (Å²) in [6.07, 6.45) is 0. The van der Waals surface area contributed by atoms with E-state index < -0.39 is 11.8 Å². The molecule has 17 heavy (non-hydrogen) atoms. The number of rotatable bonds is 3. The molecule has 5 nitrogen and oxygen atoms in total. The maximum atomic E-state index is 11.4. The van der Waals surface area contributed by atoms with Crippen molar-refractivity contribution < 1.29 is 14.7 Å². The molecule has 1 rings (SSSR count). The molecule has 0 aromatic heterocycles. The molecule has 0 aliphatic rings. The van der Waals surface area contributed by atoms with Gasteiger partial charge < -0.3 is 15.7 Å². The lowest BCUT2D eigenvalue weighted by Crippen LogP contribution is -2.37. The van der Waals surface area contributed by atoms with E-state index in [9.17, 15) is 9.59 Å². The van der Waals surface area contributed by atoms with Crippen LogP contribution in [0.2, 0.25) is 0 Å². The van der Waals surface area contributed by atoms with Crippen LogP contribution in [0.5, 0.6) is 5.75 Å². The molecule has 0 spiro atoms. The first-order valence-corrected chi connectivity index (χ1v) is 5.37. The fraction of sp³-hybridized carbons (Fsp3) is 0.333. The molecule has 0 saturated carbocycles. The molecule has 0 heterocycles. The summed E-state index contributed by atoms with van der Waals surface area (Å²) in [4.78, 5) is 22.8. The van der Waals surface area contributed by atoms with Crippen molar-refractivity contribution >= 4 is 17.5 Å². The summed E-state index contributed by atoms with van der Waals surface area (Å²) in [6, 6.07) is 5.90. The molecule has 0 unspecified atom stereocenters. The van der Waals surface area contributed by atoms with Crippen LogP contribution in [0.15, 0.2) is 24.3 Å². The minimum Gasteiger partial charge on any atom is -0.508 e. The van der Waals surface area contributed by atoms with Gasteiger partial charge in [-0.3, -0.25) is 9.59 Å². The highest BCUT2D eigenvalue weighted by Gasteiger charge is 2.13. The van der Waals surface area contributed by atoms with E-state index in [1.807, 2.05) is 13.8 Å². The number of nitrogens with one attached hydrogen (secondary N) is 2. The molecule has 1 aromatic carbocycles. The fourth-order valence-electron chi connectivity index (χ4n) is 1.11. The quantitative estimate of drug-likeness (QED) is 0.543. The number of phenolic OH excluding ortho intramolecular Hbond substituents is 1. The van der Waals surface area contributed by atoms with Gasteiger partial charge in [-0.15, -0.1) is 0 Å². The molecular formula is C12H16N2O3. The summed E-state index contributed by atoms with van der Waals surface area (Å²) in [7, 11) is 0. The largest absolute Gasteiger partial charge is 0.508 e. The predicted molar refractivity (Wildman–Crippen MR) is 64.6 cm³/mol. The van der Waals surface area contributed by atoms with Crippen molar-refractivity contribution in [3.8, 4) is 5.75 Å². The van der Waals surface area contributed by atoms with E-state index in [0.29, 0.717) is 18.2 Å². The van der Waals surface area contributed by atoms with Crippen LogP contribution in [0.1, 0.15) is 13.8 Å². The molecule has 0 aliphatic heterocycles. The number of hydrogen-bond acceptors (Lipinski definition) is 3. The highest BCUT2D eigenvalue weighted by Crippen LogP contribution is 2.13. The van der Waals surface area contributed by atoms with Gasteiger partial charge in [0.25, 0.3) is 0 Å². The molecule has 0 aliphatic carbocycles. The van der Waals surface area contributed by atoms with Crippen molar-refractivity contribution in [2.45, 2.75) is 13.8 Å². The van der Waals surface area contributed by atoms with E-state index in [0.717, 1.165) is 0 Å². The maximum absolute atomic E-state index is 11.4. The van der Waals surface area contributed by atoms with E-state index in [4.69, 9.17) is 5.11 Å². The van der Waals surface area contributed by atoms with Crippen molar-refractivity contribution in [2.75, 3.05) is 11.9 Å². The molecule has 0 bridgehead atoms. The Hall–Kier alpha value is -2.04. The smallest absolute Gasteiger partial charge is 0.313 e. The lowest BCUT2D eigenvalue weighted by atomic mass is 10.2. The van der Waals surface area contributed by atoms with Gasteiger partial charge in [0.05, 0.1) is 0 Å². The van der Waals surface area contributed by atoms with Crippen LogP contribution in [-0.4, -0.2) is 23.5 Å². The topological polar surface area (TPSA) is 78.4 Å². The molecule has 5 heteroatoms. The zero-order valence-electron chi connectivity index (χ0n) is 9.86. The van der Waals surface area contributed by atoms with E-state index in [-0.39, 0.29) is 5.75 Å². The second-order valence-electron chi connectivity index (χ2n) is 4.10. The average molecular weight is 236 g/mol. The molecule has 0 atom stereocenters. The third-order valence-corrected chi connectivity index (χ3v) is 2.00. The predicted octanol–water partition coefficient (Wildman–Crippen LogP) is 1.10. The zero-order valence-corrected chi connectivity index (χ0v) is 9.86. The van der Waals surface area contributed by atoms with Crippen LogP contribution < -0.4 is 10.6 Å². The highest BCUT2D eigenvalue weighted by atomic mass is 16.3. The highest BCUT2D eigenvalue weighted by molar-refractivity contribution is 6.39. The van der Waals surface area contributed by atoms with Gasteiger partial charge in [-0.25, -0.2) is 0 Å². The van der Waals surface area contributed by atoms with Gasteiger partial charge in [-0.1, -0.05) is 13.8 Å². The Balaban J connectivity index is 2.48. The van der Waals surface area contributed by atoms with Crippen LogP contribution in [0, 0.1) is 5.92 Å².